The van der Waals surface area contributed by atoms with E-state index in [9.17, 15) is 4.79 Å². The molecule has 1 atom stereocenters. The summed E-state index contributed by atoms with van der Waals surface area (Å²) in [5.74, 6) is 0.123. The van der Waals surface area contributed by atoms with E-state index in [2.05, 4.69) is 53.4 Å². The van der Waals surface area contributed by atoms with Crippen molar-refractivity contribution in [2.75, 3.05) is 19.6 Å². The summed E-state index contributed by atoms with van der Waals surface area (Å²) in [6.07, 6.45) is 7.12. The lowest BCUT2D eigenvalue weighted by Crippen LogP contribution is -2.42. The highest BCUT2D eigenvalue weighted by Gasteiger charge is 2.17. The van der Waals surface area contributed by atoms with E-state index in [1.54, 1.807) is 0 Å². The Labute approximate surface area is 162 Å². The second kappa shape index (κ2) is 9.18. The summed E-state index contributed by atoms with van der Waals surface area (Å²) in [6, 6.07) is 9.04. The van der Waals surface area contributed by atoms with Crippen LogP contribution in [0, 0.1) is 6.92 Å². The predicted octanol–water partition coefficient (Wildman–Crippen LogP) is 3.32. The van der Waals surface area contributed by atoms with Crippen molar-refractivity contribution in [2.45, 2.75) is 52.0 Å². The first-order valence-electron chi connectivity index (χ1n) is 10.1. The van der Waals surface area contributed by atoms with E-state index in [4.69, 9.17) is 0 Å². The fourth-order valence-electron chi connectivity index (χ4n) is 3.84. The summed E-state index contributed by atoms with van der Waals surface area (Å²) < 4.78 is 1.83. The van der Waals surface area contributed by atoms with E-state index in [1.807, 2.05) is 17.9 Å². The smallest absolute Gasteiger partial charge is 0.220 e. The summed E-state index contributed by atoms with van der Waals surface area (Å²) in [4.78, 5) is 14.8. The first-order valence-corrected chi connectivity index (χ1v) is 10.1. The monoisotopic (exact) mass is 368 g/mol. The minimum Gasteiger partial charge on any atom is -0.355 e. The van der Waals surface area contributed by atoms with Gasteiger partial charge in [-0.05, 0) is 45.2 Å². The summed E-state index contributed by atoms with van der Waals surface area (Å²) in [5, 5.41) is 7.68. The molecule has 0 aliphatic carbocycles. The van der Waals surface area contributed by atoms with Crippen LogP contribution in [0.4, 0.5) is 0 Å². The highest BCUT2D eigenvalue weighted by atomic mass is 16.1. The number of nitrogens with zero attached hydrogens (tertiary/aromatic N) is 3. The van der Waals surface area contributed by atoms with Crippen LogP contribution in [0.2, 0.25) is 0 Å². The fraction of sp³-hybridized carbons (Fsp3) is 0.545. The molecule has 2 aromatic rings. The van der Waals surface area contributed by atoms with Gasteiger partial charge in [0, 0.05) is 44.4 Å². The van der Waals surface area contributed by atoms with Crippen molar-refractivity contribution < 1.29 is 4.79 Å². The van der Waals surface area contributed by atoms with Crippen LogP contribution in [0.25, 0.3) is 11.3 Å². The molecule has 3 rings (SSSR count). The maximum Gasteiger partial charge on any atom is 0.220 e. The Morgan fingerprint density at radius 3 is 2.78 bits per heavy atom. The van der Waals surface area contributed by atoms with E-state index in [-0.39, 0.29) is 5.91 Å². The minimum atomic E-state index is 0.123. The number of carbonyl (C=O) groups excluding carboxylic acids is 1. The second-order valence-electron chi connectivity index (χ2n) is 7.77. The first-order chi connectivity index (χ1) is 13.0. The zero-order valence-corrected chi connectivity index (χ0v) is 16.9. The zero-order chi connectivity index (χ0) is 19.2. The van der Waals surface area contributed by atoms with E-state index in [0.29, 0.717) is 18.9 Å². The Morgan fingerprint density at radius 2 is 2.04 bits per heavy atom. The number of hydrogen-bond donors (Lipinski definition) is 1. The topological polar surface area (TPSA) is 50.2 Å². The van der Waals surface area contributed by atoms with Crippen LogP contribution in [0.15, 0.2) is 30.5 Å². The summed E-state index contributed by atoms with van der Waals surface area (Å²) in [7, 11) is 1.93. The molecule has 0 bridgehead atoms. The van der Waals surface area contributed by atoms with Gasteiger partial charge in [0.25, 0.3) is 0 Å². The van der Waals surface area contributed by atoms with Crippen LogP contribution in [-0.4, -0.2) is 46.3 Å². The molecule has 146 valence electrons. The number of aromatic nitrogens is 2. The van der Waals surface area contributed by atoms with Crippen LogP contribution < -0.4 is 5.32 Å². The van der Waals surface area contributed by atoms with Crippen LogP contribution in [-0.2, 0) is 18.3 Å². The van der Waals surface area contributed by atoms with Crippen molar-refractivity contribution in [3.8, 4) is 11.3 Å². The molecular weight excluding hydrogens is 336 g/mol. The van der Waals surface area contributed by atoms with Crippen molar-refractivity contribution in [1.82, 2.24) is 20.0 Å². The normalized spacial score (nSPS) is 17.8. The number of benzene rings is 1. The highest BCUT2D eigenvalue weighted by Crippen LogP contribution is 2.23. The lowest BCUT2D eigenvalue weighted by atomic mass is 10.0. The Hall–Kier alpha value is -2.14. The van der Waals surface area contributed by atoms with Crippen LogP contribution in [0.1, 0.15) is 43.7 Å². The maximum atomic E-state index is 12.3. The first kappa shape index (κ1) is 19.6. The molecular formula is C22H32N4O. The van der Waals surface area contributed by atoms with Gasteiger partial charge in [0.05, 0.1) is 5.69 Å². The van der Waals surface area contributed by atoms with E-state index in [0.717, 1.165) is 36.5 Å². The Balaban J connectivity index is 1.49. The molecule has 1 aromatic carbocycles. The third-order valence-electron chi connectivity index (χ3n) is 5.51. The molecule has 27 heavy (non-hydrogen) atoms. The van der Waals surface area contributed by atoms with Crippen molar-refractivity contribution in [2.24, 2.45) is 7.05 Å². The molecule has 0 spiro atoms. The van der Waals surface area contributed by atoms with Gasteiger partial charge in [0.2, 0.25) is 5.91 Å². The Bertz CT molecular complexity index is 750. The molecule has 2 heterocycles. The van der Waals surface area contributed by atoms with E-state index >= 15 is 0 Å². The van der Waals surface area contributed by atoms with Gasteiger partial charge in [-0.1, -0.05) is 36.2 Å². The van der Waals surface area contributed by atoms with Crippen molar-refractivity contribution in [3.05, 3.63) is 41.6 Å². The third kappa shape index (κ3) is 5.42. The molecule has 1 aromatic heterocycles. The fourth-order valence-corrected chi connectivity index (χ4v) is 3.84. The number of likely N-dealkylation sites (tertiary alicyclic amines) is 1. The van der Waals surface area contributed by atoms with Gasteiger partial charge in [-0.2, -0.15) is 5.10 Å². The number of amides is 1. The van der Waals surface area contributed by atoms with Gasteiger partial charge < -0.3 is 5.32 Å². The number of rotatable bonds is 7. The van der Waals surface area contributed by atoms with Crippen LogP contribution in [0.5, 0.6) is 0 Å². The average molecular weight is 369 g/mol. The molecule has 1 fully saturated rings. The lowest BCUT2D eigenvalue weighted by molar-refractivity contribution is -0.121. The summed E-state index contributed by atoms with van der Waals surface area (Å²) >= 11 is 0. The SMILES string of the molecule is Cc1ccc(-c2nn(C)cc2CCC(=O)NCCN2CCCC[C@@H]2C)cc1. The molecule has 0 radical (unpaired) electrons. The molecule has 1 N–H and O–H groups in total. The van der Waals surface area contributed by atoms with E-state index < -0.39 is 0 Å². The van der Waals surface area contributed by atoms with Gasteiger partial charge in [0.15, 0.2) is 0 Å². The third-order valence-corrected chi connectivity index (χ3v) is 5.51. The van der Waals surface area contributed by atoms with Gasteiger partial charge in [-0.25, -0.2) is 0 Å². The number of carbonyl (C=O) groups is 1. The minimum absolute atomic E-state index is 0.123. The number of piperidine rings is 1. The predicted molar refractivity (Wildman–Crippen MR) is 110 cm³/mol. The molecule has 5 heteroatoms. The van der Waals surface area contributed by atoms with Gasteiger partial charge in [-0.15, -0.1) is 0 Å². The standard InChI is InChI=1S/C22H32N4O/c1-17-7-9-19(10-8-17)22-20(16-25(3)24-22)11-12-21(27)23-13-15-26-14-5-4-6-18(26)2/h7-10,16,18H,4-6,11-15H2,1-3H3,(H,23,27)/t18-/m0/s1. The number of nitrogens with one attached hydrogen (secondary N) is 1. The Kier molecular flexibility index (Phi) is 6.67. The van der Waals surface area contributed by atoms with Gasteiger partial charge >= 0.3 is 0 Å². The van der Waals surface area contributed by atoms with E-state index in [1.165, 1.54) is 24.8 Å². The van der Waals surface area contributed by atoms with Gasteiger partial charge in [0.1, 0.15) is 0 Å². The van der Waals surface area contributed by atoms with Crippen molar-refractivity contribution >= 4 is 5.91 Å². The maximum absolute atomic E-state index is 12.3. The Morgan fingerprint density at radius 1 is 1.26 bits per heavy atom. The molecule has 1 saturated heterocycles. The highest BCUT2D eigenvalue weighted by molar-refractivity contribution is 5.76. The zero-order valence-electron chi connectivity index (χ0n) is 16.9. The quantitative estimate of drug-likeness (QED) is 0.816. The lowest BCUT2D eigenvalue weighted by Gasteiger charge is -2.33. The average Bonchev–Trinajstić information content (AvgIpc) is 3.03. The van der Waals surface area contributed by atoms with Crippen molar-refractivity contribution in [1.29, 1.82) is 0 Å². The molecule has 1 amide bonds. The summed E-state index contributed by atoms with van der Waals surface area (Å²) in [6.45, 7) is 7.22. The second-order valence-corrected chi connectivity index (χ2v) is 7.77. The number of hydrogen-bond acceptors (Lipinski definition) is 3. The van der Waals surface area contributed by atoms with Crippen LogP contribution >= 0.6 is 0 Å². The molecule has 5 nitrogen and oxygen atoms in total. The van der Waals surface area contributed by atoms with Crippen molar-refractivity contribution in [3.63, 3.8) is 0 Å². The molecule has 0 unspecified atom stereocenters. The largest absolute Gasteiger partial charge is 0.355 e. The van der Waals surface area contributed by atoms with Crippen LogP contribution in [0.3, 0.4) is 0 Å². The molecule has 0 saturated carbocycles. The summed E-state index contributed by atoms with van der Waals surface area (Å²) in [5.41, 5.74) is 4.45. The number of aryl methyl sites for hydroxylation is 3. The molecule has 1 aliphatic rings. The molecule has 1 aliphatic heterocycles. The van der Waals surface area contributed by atoms with Gasteiger partial charge in [-0.3, -0.25) is 14.4 Å².